The van der Waals surface area contributed by atoms with Crippen LogP contribution in [0.1, 0.15) is 55.3 Å². The van der Waals surface area contributed by atoms with Crippen LogP contribution in [-0.4, -0.2) is 77.6 Å². The number of likely N-dealkylation sites (tertiary alicyclic amines) is 1. The molecular weight excluding hydrogens is 603 g/mol. The maximum Gasteiger partial charge on any atom is 0.339 e. The molecule has 4 fully saturated rings. The smallest absolute Gasteiger partial charge is 0.339 e. The third-order valence-electron chi connectivity index (χ3n) is 8.26. The second-order valence-corrected chi connectivity index (χ2v) is 12.1. The van der Waals surface area contributed by atoms with Crippen molar-refractivity contribution in [3.8, 4) is 0 Å². The molecular formula is C28H33IN2O7. The molecule has 9 nitrogen and oxygen atoms in total. The van der Waals surface area contributed by atoms with Gasteiger partial charge in [-0.1, -0.05) is 12.1 Å². The van der Waals surface area contributed by atoms with E-state index in [-0.39, 0.29) is 31.4 Å². The van der Waals surface area contributed by atoms with Crippen molar-refractivity contribution in [2.24, 2.45) is 11.8 Å². The highest BCUT2D eigenvalue weighted by atomic mass is 127. The average molecular weight is 636 g/mol. The number of carbonyl (C=O) groups is 3. The third-order valence-corrected chi connectivity index (χ3v) is 9.21. The van der Waals surface area contributed by atoms with Crippen LogP contribution in [0.3, 0.4) is 0 Å². The Balaban J connectivity index is 1.27. The van der Waals surface area contributed by atoms with Crippen LogP contribution in [-0.2, 0) is 23.8 Å². The van der Waals surface area contributed by atoms with E-state index in [4.69, 9.17) is 19.3 Å². The fourth-order valence-electron chi connectivity index (χ4n) is 6.15. The molecule has 38 heavy (non-hydrogen) atoms. The SMILES string of the molecule is O=C(O[C@@H]1CC(C(=O)N2CCC[C@@H]2C(=O)NCCO)=C[C@H]2OC(C3CC3)(C3CC3)O[C@H]21)c1ccccc1I. The summed E-state index contributed by atoms with van der Waals surface area (Å²) < 4.78 is 20.2. The Morgan fingerprint density at radius 3 is 2.53 bits per heavy atom. The lowest BCUT2D eigenvalue weighted by atomic mass is 9.91. The minimum atomic E-state index is -0.684. The van der Waals surface area contributed by atoms with Crippen LogP contribution in [0.15, 0.2) is 35.9 Å². The molecule has 0 aromatic heterocycles. The molecule has 1 aromatic rings. The Morgan fingerprint density at radius 1 is 1.11 bits per heavy atom. The summed E-state index contributed by atoms with van der Waals surface area (Å²) in [6.07, 6.45) is 5.87. The Kier molecular flexibility index (Phi) is 7.25. The fraction of sp³-hybridized carbons (Fsp3) is 0.607. The van der Waals surface area contributed by atoms with Crippen LogP contribution in [0.4, 0.5) is 0 Å². The summed E-state index contributed by atoms with van der Waals surface area (Å²) in [4.78, 5) is 41.3. The van der Waals surface area contributed by atoms with Crippen molar-refractivity contribution >= 4 is 40.4 Å². The number of rotatable bonds is 8. The predicted octanol–water partition coefficient (Wildman–Crippen LogP) is 2.55. The van der Waals surface area contributed by atoms with E-state index in [0.29, 0.717) is 35.9 Å². The number of esters is 1. The number of hydrogen-bond acceptors (Lipinski definition) is 7. The zero-order valence-corrected chi connectivity index (χ0v) is 23.3. The monoisotopic (exact) mass is 636 g/mol. The molecule has 1 aromatic carbocycles. The third kappa shape index (κ3) is 4.89. The number of carbonyl (C=O) groups excluding carboxylic acids is 3. The summed E-state index contributed by atoms with van der Waals surface area (Å²) >= 11 is 2.12. The molecule has 2 aliphatic heterocycles. The van der Waals surface area contributed by atoms with Gasteiger partial charge < -0.3 is 29.5 Å². The molecule has 2 amide bonds. The van der Waals surface area contributed by atoms with Crippen LogP contribution in [0, 0.1) is 15.4 Å². The molecule has 2 saturated carbocycles. The van der Waals surface area contributed by atoms with Crippen molar-refractivity contribution in [2.45, 2.75) is 75.1 Å². The van der Waals surface area contributed by atoms with Gasteiger partial charge in [-0.3, -0.25) is 9.59 Å². The van der Waals surface area contributed by atoms with E-state index in [9.17, 15) is 14.4 Å². The molecule has 2 heterocycles. The summed E-state index contributed by atoms with van der Waals surface area (Å²) in [5, 5.41) is 11.8. The lowest BCUT2D eigenvalue weighted by molar-refractivity contribution is -0.209. The molecule has 5 aliphatic rings. The van der Waals surface area contributed by atoms with Crippen molar-refractivity contribution < 1.29 is 33.7 Å². The first-order valence-electron chi connectivity index (χ1n) is 13.6. The van der Waals surface area contributed by atoms with Crippen molar-refractivity contribution in [2.75, 3.05) is 19.7 Å². The Hall–Kier alpha value is -2.02. The number of aliphatic hydroxyl groups is 1. The van der Waals surface area contributed by atoms with Crippen molar-refractivity contribution in [1.82, 2.24) is 10.2 Å². The van der Waals surface area contributed by atoms with Gasteiger partial charge in [0.15, 0.2) is 5.79 Å². The first kappa shape index (κ1) is 26.2. The summed E-state index contributed by atoms with van der Waals surface area (Å²) in [5.41, 5.74) is 0.960. The Bertz CT molecular complexity index is 1140. The van der Waals surface area contributed by atoms with E-state index in [2.05, 4.69) is 27.9 Å². The van der Waals surface area contributed by atoms with Gasteiger partial charge in [0, 0.05) is 40.5 Å². The molecule has 0 spiro atoms. The largest absolute Gasteiger partial charge is 0.455 e. The Labute approximate surface area is 235 Å². The summed E-state index contributed by atoms with van der Waals surface area (Å²) in [6, 6.07) is 6.66. The molecule has 3 aliphatic carbocycles. The van der Waals surface area contributed by atoms with Gasteiger partial charge >= 0.3 is 5.97 Å². The molecule has 0 radical (unpaired) electrons. The fourth-order valence-corrected chi connectivity index (χ4v) is 6.76. The van der Waals surface area contributed by atoms with E-state index >= 15 is 0 Å². The van der Waals surface area contributed by atoms with Gasteiger partial charge in [-0.2, -0.15) is 0 Å². The van der Waals surface area contributed by atoms with E-state index in [1.54, 1.807) is 17.0 Å². The first-order chi connectivity index (χ1) is 18.4. The van der Waals surface area contributed by atoms with Gasteiger partial charge in [0.2, 0.25) is 11.8 Å². The maximum atomic E-state index is 13.8. The zero-order valence-electron chi connectivity index (χ0n) is 21.1. The van der Waals surface area contributed by atoms with Gasteiger partial charge in [-0.15, -0.1) is 0 Å². The molecule has 204 valence electrons. The lowest BCUT2D eigenvalue weighted by Crippen LogP contribution is -2.49. The molecule has 10 heteroatoms. The number of nitrogens with zero attached hydrogens (tertiary/aromatic N) is 1. The topological polar surface area (TPSA) is 114 Å². The normalized spacial score (nSPS) is 29.9. The van der Waals surface area contributed by atoms with Gasteiger partial charge in [0.05, 0.1) is 12.2 Å². The van der Waals surface area contributed by atoms with Crippen LogP contribution in [0.5, 0.6) is 0 Å². The van der Waals surface area contributed by atoms with Crippen LogP contribution >= 0.6 is 22.6 Å². The zero-order chi connectivity index (χ0) is 26.4. The minimum absolute atomic E-state index is 0.149. The number of halogens is 1. The molecule has 2 N–H and O–H groups in total. The van der Waals surface area contributed by atoms with E-state index in [1.807, 2.05) is 18.2 Å². The second kappa shape index (κ2) is 10.5. The van der Waals surface area contributed by atoms with Crippen molar-refractivity contribution in [3.05, 3.63) is 45.0 Å². The molecule has 6 rings (SSSR count). The number of aliphatic hydroxyl groups excluding tert-OH is 1. The lowest BCUT2D eigenvalue weighted by Gasteiger charge is -2.33. The van der Waals surface area contributed by atoms with Gasteiger partial charge in [-0.25, -0.2) is 4.79 Å². The standard InChI is InChI=1S/C28H33IN2O7/c29-20-5-2-1-4-19(20)27(35)36-22-14-16(26(34)31-12-3-6-21(31)25(33)30-11-13-32)15-23-24(22)38-28(37-23,17-7-8-17)18-9-10-18/h1-2,4-5,15,17-18,21-24,32H,3,6-14H2,(H,30,33)/t21-,22-,23-,24+/m1/s1. The van der Waals surface area contributed by atoms with Crippen molar-refractivity contribution in [3.63, 3.8) is 0 Å². The number of benzene rings is 1. The van der Waals surface area contributed by atoms with Crippen molar-refractivity contribution in [1.29, 1.82) is 0 Å². The van der Waals surface area contributed by atoms with E-state index in [1.165, 1.54) is 0 Å². The second-order valence-electron chi connectivity index (χ2n) is 10.9. The summed E-state index contributed by atoms with van der Waals surface area (Å²) in [6.45, 7) is 0.463. The van der Waals surface area contributed by atoms with Crippen LogP contribution < -0.4 is 5.32 Å². The number of fused-ring (bicyclic) bond motifs is 1. The molecule has 4 atom stereocenters. The van der Waals surface area contributed by atoms with Crippen LogP contribution in [0.2, 0.25) is 0 Å². The summed E-state index contributed by atoms with van der Waals surface area (Å²) in [7, 11) is 0. The highest BCUT2D eigenvalue weighted by Crippen LogP contribution is 2.59. The molecule has 0 unspecified atom stereocenters. The molecule has 2 saturated heterocycles. The van der Waals surface area contributed by atoms with E-state index in [0.717, 1.165) is 35.7 Å². The number of hydrogen-bond donors (Lipinski definition) is 2. The number of amides is 2. The van der Waals surface area contributed by atoms with Crippen LogP contribution in [0.25, 0.3) is 0 Å². The number of nitrogens with one attached hydrogen (secondary N) is 1. The van der Waals surface area contributed by atoms with Gasteiger partial charge in [-0.05, 0) is 79.3 Å². The Morgan fingerprint density at radius 2 is 1.84 bits per heavy atom. The van der Waals surface area contributed by atoms with Gasteiger partial charge in [0.25, 0.3) is 0 Å². The summed E-state index contributed by atoms with van der Waals surface area (Å²) in [5.74, 6) is -0.956. The minimum Gasteiger partial charge on any atom is -0.455 e. The average Bonchev–Trinajstić information content (AvgIpc) is 3.86. The maximum absolute atomic E-state index is 13.8. The van der Waals surface area contributed by atoms with E-state index < -0.39 is 36.1 Å². The predicted molar refractivity (Wildman–Crippen MR) is 144 cm³/mol. The molecule has 0 bridgehead atoms. The first-order valence-corrected chi connectivity index (χ1v) is 14.7. The quantitative estimate of drug-likeness (QED) is 0.333. The number of ether oxygens (including phenoxy) is 3. The van der Waals surface area contributed by atoms with Gasteiger partial charge in [0.1, 0.15) is 24.4 Å². The highest BCUT2D eigenvalue weighted by molar-refractivity contribution is 14.1. The highest BCUT2D eigenvalue weighted by Gasteiger charge is 2.64.